The third-order valence-corrected chi connectivity index (χ3v) is 6.90. The molecule has 9 nitrogen and oxygen atoms in total. The van der Waals surface area contributed by atoms with Crippen LogP contribution >= 0.6 is 11.8 Å². The second kappa shape index (κ2) is 10.4. The fourth-order valence-electron chi connectivity index (χ4n) is 4.12. The second-order valence-corrected chi connectivity index (χ2v) is 9.66. The summed E-state index contributed by atoms with van der Waals surface area (Å²) in [6.45, 7) is 1.94. The van der Waals surface area contributed by atoms with Crippen LogP contribution in [-0.4, -0.2) is 39.6 Å². The molecule has 0 saturated carbocycles. The van der Waals surface area contributed by atoms with Crippen LogP contribution in [0, 0.1) is 6.92 Å². The van der Waals surface area contributed by atoms with E-state index < -0.39 is 17.1 Å². The van der Waals surface area contributed by atoms with Gasteiger partial charge in [-0.05, 0) is 55.1 Å². The van der Waals surface area contributed by atoms with E-state index in [-0.39, 0.29) is 35.4 Å². The van der Waals surface area contributed by atoms with Gasteiger partial charge in [-0.2, -0.15) is 0 Å². The number of methoxy groups -OCH3 is 1. The van der Waals surface area contributed by atoms with E-state index in [9.17, 15) is 19.2 Å². The third-order valence-electron chi connectivity index (χ3n) is 5.99. The van der Waals surface area contributed by atoms with E-state index >= 15 is 0 Å². The van der Waals surface area contributed by atoms with Crippen molar-refractivity contribution in [1.29, 1.82) is 0 Å². The van der Waals surface area contributed by atoms with Crippen LogP contribution in [0.3, 0.4) is 0 Å². The van der Waals surface area contributed by atoms with Crippen molar-refractivity contribution in [2.24, 2.45) is 0 Å². The molecule has 4 aromatic rings. The maximum Gasteiger partial charge on any atom is 0.373 e. The van der Waals surface area contributed by atoms with Crippen molar-refractivity contribution in [3.8, 4) is 0 Å². The highest BCUT2D eigenvalue weighted by atomic mass is 32.2. The van der Waals surface area contributed by atoms with Crippen molar-refractivity contribution < 1.29 is 28.3 Å². The van der Waals surface area contributed by atoms with E-state index in [2.05, 4.69) is 10.1 Å². The number of thioether (sulfide) groups is 1. The molecule has 2 aromatic carbocycles. The molecule has 3 amide bonds. The molecular weight excluding hydrogens is 506 g/mol. The minimum absolute atomic E-state index is 0.00996. The summed E-state index contributed by atoms with van der Waals surface area (Å²) in [5, 5.41) is 3.29. The molecule has 10 heteroatoms. The number of nitrogens with zero attached hydrogens (tertiary/aromatic N) is 2. The number of aromatic nitrogens is 1. The van der Waals surface area contributed by atoms with E-state index in [1.807, 2.05) is 60.0 Å². The Balaban J connectivity index is 1.36. The van der Waals surface area contributed by atoms with Crippen LogP contribution < -0.4 is 5.32 Å². The van der Waals surface area contributed by atoms with Crippen LogP contribution in [0.15, 0.2) is 76.2 Å². The lowest BCUT2D eigenvalue weighted by atomic mass is 10.1. The standard InChI is InChI=1S/C28H23N3O6S/c1-17-7-9-19(10-8-17)29-25(32)16-30-14-18(21-5-3-4-6-22(21)30)13-24-26(33)31(28(35)38-24)15-20-11-12-23(37-20)27(34)36-2/h3-14H,15-16H2,1-2H3,(H,29,32)/b24-13+. The number of aryl methyl sites for hydroxylation is 1. The molecule has 1 aliphatic rings. The molecule has 3 heterocycles. The maximum atomic E-state index is 13.1. The predicted octanol–water partition coefficient (Wildman–Crippen LogP) is 5.20. The lowest BCUT2D eigenvalue weighted by Gasteiger charge is -2.09. The molecule has 0 spiro atoms. The summed E-state index contributed by atoms with van der Waals surface area (Å²) >= 11 is 0.825. The van der Waals surface area contributed by atoms with Gasteiger partial charge >= 0.3 is 5.97 Å². The largest absolute Gasteiger partial charge is 0.463 e. The Morgan fingerprint density at radius 1 is 1.05 bits per heavy atom. The molecule has 0 radical (unpaired) electrons. The minimum atomic E-state index is -0.644. The molecule has 1 saturated heterocycles. The molecular formula is C28H23N3O6S. The average molecular weight is 530 g/mol. The first-order valence-electron chi connectivity index (χ1n) is 11.7. The van der Waals surface area contributed by atoms with Gasteiger partial charge in [0.15, 0.2) is 0 Å². The van der Waals surface area contributed by atoms with Gasteiger partial charge in [0.2, 0.25) is 11.7 Å². The van der Waals surface area contributed by atoms with E-state index in [4.69, 9.17) is 4.42 Å². The van der Waals surface area contributed by atoms with Crippen molar-refractivity contribution in [1.82, 2.24) is 9.47 Å². The second-order valence-electron chi connectivity index (χ2n) is 8.67. The van der Waals surface area contributed by atoms with Gasteiger partial charge in [0.05, 0.1) is 18.6 Å². The highest BCUT2D eigenvalue weighted by Crippen LogP contribution is 2.35. The zero-order valence-electron chi connectivity index (χ0n) is 20.6. The number of carbonyl (C=O) groups excluding carboxylic acids is 4. The highest BCUT2D eigenvalue weighted by molar-refractivity contribution is 8.18. The van der Waals surface area contributed by atoms with E-state index in [1.165, 1.54) is 19.2 Å². The summed E-state index contributed by atoms with van der Waals surface area (Å²) in [6, 6.07) is 18.0. The van der Waals surface area contributed by atoms with Gasteiger partial charge in [0.25, 0.3) is 11.1 Å². The Labute approximate surface area is 222 Å². The van der Waals surface area contributed by atoms with Crippen molar-refractivity contribution in [2.75, 3.05) is 12.4 Å². The number of anilines is 1. The molecule has 5 rings (SSSR count). The van der Waals surface area contributed by atoms with Gasteiger partial charge < -0.3 is 19.0 Å². The van der Waals surface area contributed by atoms with Crippen molar-refractivity contribution in [3.05, 3.63) is 94.4 Å². The number of imide groups is 1. The Hall–Kier alpha value is -4.57. The van der Waals surface area contributed by atoms with Crippen LogP contribution in [0.2, 0.25) is 0 Å². The summed E-state index contributed by atoms with van der Waals surface area (Å²) in [6.07, 6.45) is 3.45. The van der Waals surface area contributed by atoms with Gasteiger partial charge in [-0.1, -0.05) is 35.9 Å². The number of esters is 1. The quantitative estimate of drug-likeness (QED) is 0.259. The first-order valence-corrected chi connectivity index (χ1v) is 12.5. The number of benzene rings is 2. The molecule has 1 N–H and O–H groups in total. The van der Waals surface area contributed by atoms with Crippen molar-refractivity contribution in [3.63, 3.8) is 0 Å². The van der Waals surface area contributed by atoms with Crippen LogP contribution in [0.5, 0.6) is 0 Å². The van der Waals surface area contributed by atoms with Gasteiger partial charge in [0.1, 0.15) is 12.3 Å². The SMILES string of the molecule is COC(=O)c1ccc(CN2C(=O)S/C(=C/c3cn(CC(=O)Nc4ccc(C)cc4)c4ccccc34)C2=O)o1. The lowest BCUT2D eigenvalue weighted by Crippen LogP contribution is -2.27. The fraction of sp³-hybridized carbons (Fsp3) is 0.143. The minimum Gasteiger partial charge on any atom is -0.463 e. The van der Waals surface area contributed by atoms with Crippen molar-refractivity contribution in [2.45, 2.75) is 20.0 Å². The molecule has 0 aliphatic carbocycles. The molecule has 0 bridgehead atoms. The maximum absolute atomic E-state index is 13.1. The first kappa shape index (κ1) is 25.1. The zero-order valence-corrected chi connectivity index (χ0v) is 21.4. The number of para-hydroxylation sites is 1. The van der Waals surface area contributed by atoms with Crippen LogP contribution in [0.1, 0.15) is 27.4 Å². The number of rotatable bonds is 7. The van der Waals surface area contributed by atoms with E-state index in [1.54, 1.807) is 12.3 Å². The number of ether oxygens (including phenoxy) is 1. The fourth-order valence-corrected chi connectivity index (χ4v) is 4.95. The van der Waals surface area contributed by atoms with Crippen LogP contribution in [0.4, 0.5) is 10.5 Å². The van der Waals surface area contributed by atoms with Crippen molar-refractivity contribution >= 4 is 57.5 Å². The molecule has 0 unspecified atom stereocenters. The van der Waals surface area contributed by atoms with Crippen LogP contribution in [-0.2, 0) is 27.4 Å². The van der Waals surface area contributed by atoms with Gasteiger partial charge in [-0.3, -0.25) is 19.3 Å². The number of furan rings is 1. The topological polar surface area (TPSA) is 111 Å². The van der Waals surface area contributed by atoms with Gasteiger partial charge in [-0.15, -0.1) is 0 Å². The number of nitrogens with one attached hydrogen (secondary N) is 1. The normalized spacial score (nSPS) is 14.5. The number of fused-ring (bicyclic) bond motifs is 1. The Bertz CT molecular complexity index is 1600. The summed E-state index contributed by atoms with van der Waals surface area (Å²) in [5.74, 6) is -1.03. The number of amides is 3. The summed E-state index contributed by atoms with van der Waals surface area (Å²) in [5.41, 5.74) is 3.34. The predicted molar refractivity (Wildman–Crippen MR) is 143 cm³/mol. The lowest BCUT2D eigenvalue weighted by molar-refractivity contribution is -0.123. The average Bonchev–Trinajstić information content (AvgIpc) is 3.59. The number of hydrogen-bond acceptors (Lipinski definition) is 7. The molecule has 192 valence electrons. The Morgan fingerprint density at radius 2 is 1.82 bits per heavy atom. The summed E-state index contributed by atoms with van der Waals surface area (Å²) in [4.78, 5) is 51.4. The number of carbonyl (C=O) groups is 4. The van der Waals surface area contributed by atoms with Crippen LogP contribution in [0.25, 0.3) is 17.0 Å². The van der Waals surface area contributed by atoms with Gasteiger partial charge in [-0.25, -0.2) is 4.79 Å². The Morgan fingerprint density at radius 3 is 2.58 bits per heavy atom. The first-order chi connectivity index (χ1) is 18.3. The van der Waals surface area contributed by atoms with E-state index in [0.717, 1.165) is 33.1 Å². The molecule has 1 aliphatic heterocycles. The summed E-state index contributed by atoms with van der Waals surface area (Å²) < 4.78 is 11.8. The molecule has 0 atom stereocenters. The third kappa shape index (κ3) is 5.12. The smallest absolute Gasteiger partial charge is 0.373 e. The zero-order chi connectivity index (χ0) is 26.8. The Kier molecular flexibility index (Phi) is 6.89. The van der Waals surface area contributed by atoms with Gasteiger partial charge in [0, 0.05) is 28.4 Å². The molecule has 38 heavy (non-hydrogen) atoms. The van der Waals surface area contributed by atoms with E-state index in [0.29, 0.717) is 11.3 Å². The monoisotopic (exact) mass is 529 g/mol. The summed E-state index contributed by atoms with van der Waals surface area (Å²) in [7, 11) is 1.24. The molecule has 1 fully saturated rings. The molecule has 2 aromatic heterocycles. The number of hydrogen-bond donors (Lipinski definition) is 1. The highest BCUT2D eigenvalue weighted by Gasteiger charge is 2.36.